The molecular formula is C14H23NO2. The number of hydrogen-bond donors (Lipinski definition) is 3. The maximum absolute atomic E-state index is 9.90. The van der Waals surface area contributed by atoms with Gasteiger partial charge in [-0.05, 0) is 62.6 Å². The molecule has 2 rings (SSSR count). The van der Waals surface area contributed by atoms with Crippen LogP contribution in [0.25, 0.3) is 0 Å². The molecule has 0 heterocycles. The first-order chi connectivity index (χ1) is 8.22. The molecule has 3 N–H and O–H groups in total. The van der Waals surface area contributed by atoms with Gasteiger partial charge in [-0.1, -0.05) is 6.92 Å². The normalized spacial score (nSPS) is 29.6. The summed E-state index contributed by atoms with van der Waals surface area (Å²) in [6, 6.07) is 0.568. The summed E-state index contributed by atoms with van der Waals surface area (Å²) < 4.78 is 0. The van der Waals surface area contributed by atoms with Crippen LogP contribution in [0.3, 0.4) is 0 Å². The molecule has 0 aromatic carbocycles. The number of nitrogens with one attached hydrogen (secondary N) is 1. The first-order valence-electron chi connectivity index (χ1n) is 6.77. The fourth-order valence-corrected chi connectivity index (χ4v) is 2.95. The van der Waals surface area contributed by atoms with E-state index >= 15 is 0 Å². The van der Waals surface area contributed by atoms with Crippen LogP contribution >= 0.6 is 0 Å². The summed E-state index contributed by atoms with van der Waals surface area (Å²) in [7, 11) is 0. The fourth-order valence-electron chi connectivity index (χ4n) is 2.95. The maximum Gasteiger partial charge on any atom is 0.156 e. The van der Waals surface area contributed by atoms with Crippen molar-refractivity contribution in [3.05, 3.63) is 23.2 Å². The first-order valence-corrected chi connectivity index (χ1v) is 6.77. The van der Waals surface area contributed by atoms with Gasteiger partial charge in [-0.25, -0.2) is 0 Å². The summed E-state index contributed by atoms with van der Waals surface area (Å²) in [6.07, 6.45) is 8.08. The van der Waals surface area contributed by atoms with Crippen LogP contribution in [0, 0.1) is 5.92 Å². The van der Waals surface area contributed by atoms with E-state index in [2.05, 4.69) is 12.2 Å². The lowest BCUT2D eigenvalue weighted by molar-refractivity contribution is 0.298. The van der Waals surface area contributed by atoms with Crippen molar-refractivity contribution in [1.29, 1.82) is 0 Å². The van der Waals surface area contributed by atoms with Crippen LogP contribution in [0.4, 0.5) is 0 Å². The lowest BCUT2D eigenvalue weighted by Gasteiger charge is -2.25. The van der Waals surface area contributed by atoms with Crippen LogP contribution in [0.2, 0.25) is 0 Å². The highest BCUT2D eigenvalue weighted by Crippen LogP contribution is 2.37. The zero-order valence-corrected chi connectivity index (χ0v) is 10.6. The number of aliphatic hydroxyl groups is 2. The molecule has 2 atom stereocenters. The Labute approximate surface area is 103 Å². The van der Waals surface area contributed by atoms with Gasteiger partial charge in [0.15, 0.2) is 11.5 Å². The third-order valence-electron chi connectivity index (χ3n) is 3.89. The van der Waals surface area contributed by atoms with Crippen molar-refractivity contribution in [2.24, 2.45) is 5.92 Å². The lowest BCUT2D eigenvalue weighted by Crippen LogP contribution is -2.31. The van der Waals surface area contributed by atoms with Gasteiger partial charge >= 0.3 is 0 Å². The predicted octanol–water partition coefficient (Wildman–Crippen LogP) is 3.20. The Morgan fingerprint density at radius 1 is 1.41 bits per heavy atom. The van der Waals surface area contributed by atoms with Crippen molar-refractivity contribution in [2.75, 3.05) is 6.54 Å². The SMILES string of the molecule is CCCNC1CCCC2=C(O)C(O)=CCC2C1. The molecule has 0 spiro atoms. The number of aliphatic hydroxyl groups excluding tert-OH is 2. The zero-order valence-electron chi connectivity index (χ0n) is 10.6. The molecule has 0 aliphatic heterocycles. The Kier molecular flexibility index (Phi) is 4.11. The third-order valence-corrected chi connectivity index (χ3v) is 3.89. The number of hydrogen-bond acceptors (Lipinski definition) is 3. The van der Waals surface area contributed by atoms with Crippen LogP contribution in [0.5, 0.6) is 0 Å². The smallest absolute Gasteiger partial charge is 0.156 e. The molecule has 17 heavy (non-hydrogen) atoms. The van der Waals surface area contributed by atoms with E-state index in [0.717, 1.165) is 44.2 Å². The van der Waals surface area contributed by atoms with E-state index in [1.807, 2.05) is 0 Å². The monoisotopic (exact) mass is 237 g/mol. The summed E-state index contributed by atoms with van der Waals surface area (Å²) in [5, 5.41) is 23.0. The van der Waals surface area contributed by atoms with Gasteiger partial charge in [0.05, 0.1) is 0 Å². The molecule has 0 aromatic rings. The van der Waals surface area contributed by atoms with E-state index < -0.39 is 0 Å². The number of fused-ring (bicyclic) bond motifs is 1. The molecule has 0 aromatic heterocycles. The minimum absolute atomic E-state index is 0.0798. The van der Waals surface area contributed by atoms with Gasteiger partial charge in [-0.3, -0.25) is 0 Å². The van der Waals surface area contributed by atoms with Gasteiger partial charge in [-0.2, -0.15) is 0 Å². The van der Waals surface area contributed by atoms with Crippen LogP contribution < -0.4 is 5.32 Å². The molecule has 1 saturated carbocycles. The summed E-state index contributed by atoms with van der Waals surface area (Å²) in [5.41, 5.74) is 1.07. The molecular weight excluding hydrogens is 214 g/mol. The second-order valence-corrected chi connectivity index (χ2v) is 5.17. The van der Waals surface area contributed by atoms with Crippen molar-refractivity contribution in [1.82, 2.24) is 5.32 Å². The molecule has 1 fully saturated rings. The lowest BCUT2D eigenvalue weighted by atomic mass is 9.85. The van der Waals surface area contributed by atoms with E-state index in [-0.39, 0.29) is 11.5 Å². The van der Waals surface area contributed by atoms with E-state index in [4.69, 9.17) is 0 Å². The van der Waals surface area contributed by atoms with Gasteiger partial charge in [0.25, 0.3) is 0 Å². The van der Waals surface area contributed by atoms with Crippen molar-refractivity contribution in [2.45, 2.75) is 51.5 Å². The van der Waals surface area contributed by atoms with E-state index in [0.29, 0.717) is 12.0 Å². The summed E-state index contributed by atoms with van der Waals surface area (Å²) in [5.74, 6) is 0.649. The molecule has 0 radical (unpaired) electrons. The Hall–Kier alpha value is -0.960. The summed E-state index contributed by atoms with van der Waals surface area (Å²) >= 11 is 0. The number of rotatable bonds is 3. The minimum atomic E-state index is 0.0798. The first kappa shape index (κ1) is 12.5. The molecule has 0 saturated heterocycles. The fraction of sp³-hybridized carbons (Fsp3) is 0.714. The molecule has 2 aliphatic rings. The summed E-state index contributed by atoms with van der Waals surface area (Å²) in [4.78, 5) is 0. The summed E-state index contributed by atoms with van der Waals surface area (Å²) in [6.45, 7) is 3.26. The highest BCUT2D eigenvalue weighted by atomic mass is 16.3. The third kappa shape index (κ3) is 2.83. The molecule has 2 unspecified atom stereocenters. The van der Waals surface area contributed by atoms with E-state index in [1.54, 1.807) is 6.08 Å². The average Bonchev–Trinajstić information content (AvgIpc) is 2.54. The van der Waals surface area contributed by atoms with Crippen LogP contribution in [0.1, 0.15) is 45.4 Å². The van der Waals surface area contributed by atoms with Gasteiger partial charge < -0.3 is 15.5 Å². The van der Waals surface area contributed by atoms with Crippen molar-refractivity contribution < 1.29 is 10.2 Å². The standard InChI is InChI=1S/C14H23NO2/c1-2-8-15-11-4-3-5-12-10(9-11)6-7-13(16)14(12)17/h7,10-11,15-17H,2-6,8-9H2,1H3. The predicted molar refractivity (Wildman–Crippen MR) is 69.0 cm³/mol. The zero-order chi connectivity index (χ0) is 12.3. The second-order valence-electron chi connectivity index (χ2n) is 5.17. The largest absolute Gasteiger partial charge is 0.504 e. The van der Waals surface area contributed by atoms with Crippen molar-refractivity contribution in [3.63, 3.8) is 0 Å². The van der Waals surface area contributed by atoms with Gasteiger partial charge in [0, 0.05) is 6.04 Å². The molecule has 0 amide bonds. The Bertz CT molecular complexity index is 333. The van der Waals surface area contributed by atoms with Gasteiger partial charge in [0.1, 0.15) is 0 Å². The van der Waals surface area contributed by atoms with Crippen LogP contribution in [0.15, 0.2) is 23.2 Å². The Balaban J connectivity index is 2.05. The molecule has 2 aliphatic carbocycles. The van der Waals surface area contributed by atoms with Crippen molar-refractivity contribution >= 4 is 0 Å². The van der Waals surface area contributed by atoms with Gasteiger partial charge in [-0.15, -0.1) is 0 Å². The van der Waals surface area contributed by atoms with Crippen LogP contribution in [-0.4, -0.2) is 22.8 Å². The number of allylic oxidation sites excluding steroid dienone is 2. The Morgan fingerprint density at radius 3 is 3.00 bits per heavy atom. The van der Waals surface area contributed by atoms with Crippen molar-refractivity contribution in [3.8, 4) is 0 Å². The maximum atomic E-state index is 9.90. The van der Waals surface area contributed by atoms with Gasteiger partial charge in [0.2, 0.25) is 0 Å². The highest BCUT2D eigenvalue weighted by molar-refractivity contribution is 5.31. The molecule has 3 heteroatoms. The molecule has 0 bridgehead atoms. The topological polar surface area (TPSA) is 52.5 Å². The second kappa shape index (κ2) is 5.58. The highest BCUT2D eigenvalue weighted by Gasteiger charge is 2.28. The quantitative estimate of drug-likeness (QED) is 0.706. The van der Waals surface area contributed by atoms with E-state index in [1.165, 1.54) is 6.42 Å². The minimum Gasteiger partial charge on any atom is -0.504 e. The average molecular weight is 237 g/mol. The Morgan fingerprint density at radius 2 is 2.24 bits per heavy atom. The molecule has 3 nitrogen and oxygen atoms in total. The van der Waals surface area contributed by atoms with E-state index in [9.17, 15) is 10.2 Å². The molecule has 96 valence electrons. The van der Waals surface area contributed by atoms with Crippen LogP contribution in [-0.2, 0) is 0 Å².